The van der Waals surface area contributed by atoms with Crippen LogP contribution in [0.5, 0.6) is 0 Å². The van der Waals surface area contributed by atoms with E-state index in [1.165, 1.54) is 218 Å². The van der Waals surface area contributed by atoms with Crippen LogP contribution in [0.4, 0.5) is 0 Å². The molecule has 0 bridgehead atoms. The molecule has 0 saturated heterocycles. The van der Waals surface area contributed by atoms with E-state index in [4.69, 9.17) is 14.2 Å². The average molecular weight is 948 g/mol. The molecular formula is C61H118O6. The van der Waals surface area contributed by atoms with Gasteiger partial charge in [0.15, 0.2) is 6.10 Å². The quantitative estimate of drug-likeness (QED) is 0.0343. The van der Waals surface area contributed by atoms with E-state index < -0.39 is 6.10 Å². The number of hydrogen-bond donors (Lipinski definition) is 0. The third kappa shape index (κ3) is 52.1. The number of hydrogen-bond acceptors (Lipinski definition) is 6. The summed E-state index contributed by atoms with van der Waals surface area (Å²) in [7, 11) is 0. The van der Waals surface area contributed by atoms with E-state index in [1.54, 1.807) is 0 Å². The van der Waals surface area contributed by atoms with Gasteiger partial charge in [-0.25, -0.2) is 0 Å². The molecule has 0 aromatic rings. The van der Waals surface area contributed by atoms with E-state index in [0.717, 1.165) is 75.5 Å². The third-order valence-corrected chi connectivity index (χ3v) is 14.6. The first-order valence-electron chi connectivity index (χ1n) is 30.2. The van der Waals surface area contributed by atoms with Gasteiger partial charge in [0.2, 0.25) is 0 Å². The molecule has 2 unspecified atom stereocenters. The summed E-state index contributed by atoms with van der Waals surface area (Å²) in [6.45, 7) is 13.8. The summed E-state index contributed by atoms with van der Waals surface area (Å²) >= 11 is 0. The van der Waals surface area contributed by atoms with E-state index in [1.807, 2.05) is 0 Å². The number of esters is 3. The molecule has 0 aliphatic rings. The van der Waals surface area contributed by atoms with E-state index in [-0.39, 0.29) is 31.1 Å². The molecule has 3 atom stereocenters. The van der Waals surface area contributed by atoms with Crippen LogP contribution < -0.4 is 0 Å². The van der Waals surface area contributed by atoms with Gasteiger partial charge in [0.1, 0.15) is 13.2 Å². The van der Waals surface area contributed by atoms with Gasteiger partial charge in [-0.2, -0.15) is 0 Å². The zero-order valence-electron chi connectivity index (χ0n) is 46.2. The molecule has 0 amide bonds. The predicted octanol–water partition coefficient (Wildman–Crippen LogP) is 19.9. The number of unbranched alkanes of at least 4 members (excludes halogenated alkanes) is 35. The maximum Gasteiger partial charge on any atom is 0.306 e. The van der Waals surface area contributed by atoms with E-state index in [0.29, 0.717) is 19.3 Å². The first-order chi connectivity index (χ1) is 32.7. The molecule has 0 aromatic heterocycles. The number of carbonyl (C=O) groups excluding carboxylic acids is 3. The Balaban J connectivity index is 4.24. The van der Waals surface area contributed by atoms with Crippen molar-refractivity contribution in [2.24, 2.45) is 17.8 Å². The van der Waals surface area contributed by atoms with Crippen molar-refractivity contribution in [1.82, 2.24) is 0 Å². The Morgan fingerprint density at radius 2 is 0.522 bits per heavy atom. The topological polar surface area (TPSA) is 78.9 Å². The van der Waals surface area contributed by atoms with Gasteiger partial charge >= 0.3 is 17.9 Å². The molecule has 0 heterocycles. The maximum absolute atomic E-state index is 12.8. The summed E-state index contributed by atoms with van der Waals surface area (Å²) in [5.41, 5.74) is 0. The van der Waals surface area contributed by atoms with Gasteiger partial charge < -0.3 is 14.2 Å². The lowest BCUT2D eigenvalue weighted by Crippen LogP contribution is -2.30. The van der Waals surface area contributed by atoms with Gasteiger partial charge in [0, 0.05) is 19.3 Å². The van der Waals surface area contributed by atoms with Crippen molar-refractivity contribution in [3.63, 3.8) is 0 Å². The predicted molar refractivity (Wildman–Crippen MR) is 289 cm³/mol. The van der Waals surface area contributed by atoms with Crippen LogP contribution in [0.1, 0.15) is 337 Å². The van der Waals surface area contributed by atoms with E-state index in [2.05, 4.69) is 41.5 Å². The van der Waals surface area contributed by atoms with Crippen LogP contribution in [-0.4, -0.2) is 37.2 Å². The lowest BCUT2D eigenvalue weighted by molar-refractivity contribution is -0.167. The normalized spacial score (nSPS) is 12.9. The SMILES string of the molecule is CCC(C)CCCCCCCCCCCCCCCCCCCCC(=O)OC[C@@H](COC(=O)CCCCCCCCCCCCC(C)C)OC(=O)CCCCCCCCCCCCC(C)CC. The van der Waals surface area contributed by atoms with Crippen molar-refractivity contribution in [2.45, 2.75) is 343 Å². The van der Waals surface area contributed by atoms with Crippen molar-refractivity contribution in [1.29, 1.82) is 0 Å². The summed E-state index contributed by atoms with van der Waals surface area (Å²) in [6, 6.07) is 0. The largest absolute Gasteiger partial charge is 0.462 e. The Morgan fingerprint density at radius 1 is 0.299 bits per heavy atom. The summed E-state index contributed by atoms with van der Waals surface area (Å²) in [5, 5.41) is 0. The summed E-state index contributed by atoms with van der Waals surface area (Å²) in [4.78, 5) is 38.2. The van der Waals surface area contributed by atoms with Crippen molar-refractivity contribution >= 4 is 17.9 Å². The van der Waals surface area contributed by atoms with Crippen molar-refractivity contribution in [3.8, 4) is 0 Å². The molecule has 0 spiro atoms. The molecule has 0 aliphatic heterocycles. The summed E-state index contributed by atoms with van der Waals surface area (Å²) in [5.74, 6) is 1.75. The van der Waals surface area contributed by atoms with Gasteiger partial charge in [0.05, 0.1) is 0 Å². The lowest BCUT2D eigenvalue weighted by atomic mass is 9.99. The highest BCUT2D eigenvalue weighted by Crippen LogP contribution is 2.19. The number of carbonyl (C=O) groups is 3. The van der Waals surface area contributed by atoms with Crippen LogP contribution in [0.25, 0.3) is 0 Å². The van der Waals surface area contributed by atoms with Crippen LogP contribution in [0, 0.1) is 17.8 Å². The Labute approximate surface area is 418 Å². The minimum Gasteiger partial charge on any atom is -0.462 e. The molecule has 67 heavy (non-hydrogen) atoms. The van der Waals surface area contributed by atoms with Crippen LogP contribution in [0.2, 0.25) is 0 Å². The first kappa shape index (κ1) is 65.4. The molecule has 0 radical (unpaired) electrons. The molecule has 0 saturated carbocycles. The van der Waals surface area contributed by atoms with Crippen LogP contribution >= 0.6 is 0 Å². The molecule has 6 nitrogen and oxygen atoms in total. The monoisotopic (exact) mass is 947 g/mol. The number of ether oxygens (including phenoxy) is 3. The Bertz CT molecular complexity index is 1040. The van der Waals surface area contributed by atoms with Crippen molar-refractivity contribution < 1.29 is 28.6 Å². The van der Waals surface area contributed by atoms with Gasteiger partial charge in [-0.1, -0.05) is 298 Å². The Hall–Kier alpha value is -1.59. The smallest absolute Gasteiger partial charge is 0.306 e. The highest BCUT2D eigenvalue weighted by Gasteiger charge is 2.19. The fourth-order valence-electron chi connectivity index (χ4n) is 9.29. The van der Waals surface area contributed by atoms with Crippen LogP contribution in [-0.2, 0) is 28.6 Å². The fraction of sp³-hybridized carbons (Fsp3) is 0.951. The lowest BCUT2D eigenvalue weighted by Gasteiger charge is -2.18. The Kier molecular flexibility index (Phi) is 51.0. The third-order valence-electron chi connectivity index (χ3n) is 14.6. The zero-order valence-corrected chi connectivity index (χ0v) is 46.2. The van der Waals surface area contributed by atoms with Gasteiger partial charge in [-0.3, -0.25) is 14.4 Å². The summed E-state index contributed by atoms with van der Waals surface area (Å²) in [6.07, 6.45) is 55.2. The minimum atomic E-state index is -0.764. The van der Waals surface area contributed by atoms with E-state index >= 15 is 0 Å². The van der Waals surface area contributed by atoms with Crippen LogP contribution in [0.15, 0.2) is 0 Å². The highest BCUT2D eigenvalue weighted by molar-refractivity contribution is 5.71. The standard InChI is InChI=1S/C61H118O6/c1-7-56(5)48-42-36-30-24-17-15-13-11-9-10-12-14-16-18-26-32-38-44-50-59(62)65-53-58(54-66-60(63)51-45-39-33-27-21-19-23-29-35-41-47-55(3)4)67-61(64)52-46-40-34-28-22-20-25-31-37-43-49-57(6)8-2/h55-58H,7-54H2,1-6H3/t56?,57?,58-/m0/s1. The second kappa shape index (κ2) is 52.2. The molecule has 398 valence electrons. The van der Waals surface area contributed by atoms with Gasteiger partial charge in [-0.15, -0.1) is 0 Å². The summed E-state index contributed by atoms with van der Waals surface area (Å²) < 4.78 is 16.9. The van der Waals surface area contributed by atoms with Crippen molar-refractivity contribution in [3.05, 3.63) is 0 Å². The molecule has 0 rings (SSSR count). The molecule has 6 heteroatoms. The Morgan fingerprint density at radius 3 is 0.776 bits per heavy atom. The number of rotatable bonds is 54. The molecule has 0 N–H and O–H groups in total. The average Bonchev–Trinajstić information content (AvgIpc) is 3.31. The maximum atomic E-state index is 12.8. The second-order valence-electron chi connectivity index (χ2n) is 21.9. The van der Waals surface area contributed by atoms with E-state index in [9.17, 15) is 14.4 Å². The zero-order chi connectivity index (χ0) is 49.1. The second-order valence-corrected chi connectivity index (χ2v) is 21.9. The van der Waals surface area contributed by atoms with Crippen molar-refractivity contribution in [2.75, 3.05) is 13.2 Å². The van der Waals surface area contributed by atoms with Gasteiger partial charge in [0.25, 0.3) is 0 Å². The molecule has 0 fully saturated rings. The first-order valence-corrected chi connectivity index (χ1v) is 30.2. The highest BCUT2D eigenvalue weighted by atomic mass is 16.6. The molecular weight excluding hydrogens is 829 g/mol. The minimum absolute atomic E-state index is 0.0635. The molecule has 0 aromatic carbocycles. The van der Waals surface area contributed by atoms with Crippen LogP contribution in [0.3, 0.4) is 0 Å². The molecule has 0 aliphatic carbocycles. The fourth-order valence-corrected chi connectivity index (χ4v) is 9.29. The van der Waals surface area contributed by atoms with Gasteiger partial charge in [-0.05, 0) is 37.0 Å².